The zero-order valence-corrected chi connectivity index (χ0v) is 20.2. The molecule has 2 aromatic heterocycles. The van der Waals surface area contributed by atoms with Crippen LogP contribution in [0, 0.1) is 5.92 Å². The Morgan fingerprint density at radius 2 is 1.91 bits per heavy atom. The van der Waals surface area contributed by atoms with Gasteiger partial charge in [-0.3, -0.25) is 19.5 Å². The summed E-state index contributed by atoms with van der Waals surface area (Å²) in [6.07, 6.45) is 2.57. The number of hydrogen-bond donors (Lipinski definition) is 2. The van der Waals surface area contributed by atoms with Crippen LogP contribution in [-0.2, 0) is 25.9 Å². The highest BCUT2D eigenvalue weighted by Gasteiger charge is 2.31. The first-order chi connectivity index (χ1) is 14.5. The van der Waals surface area contributed by atoms with E-state index in [1.54, 1.807) is 0 Å². The lowest BCUT2D eigenvalue weighted by atomic mass is 9.84. The zero-order chi connectivity index (χ0) is 20.8. The predicted molar refractivity (Wildman–Crippen MR) is 131 cm³/mol. The van der Waals surface area contributed by atoms with Crippen molar-refractivity contribution in [3.63, 3.8) is 0 Å². The van der Waals surface area contributed by atoms with Crippen molar-refractivity contribution in [2.45, 2.75) is 38.3 Å². The number of hydrogen-bond acceptors (Lipinski definition) is 6. The van der Waals surface area contributed by atoms with E-state index in [9.17, 15) is 9.59 Å². The van der Waals surface area contributed by atoms with Crippen molar-refractivity contribution in [2.24, 2.45) is 5.92 Å². The minimum atomic E-state index is -0.0421. The fourth-order valence-electron chi connectivity index (χ4n) is 5.21. The molecule has 0 radical (unpaired) electrons. The van der Waals surface area contributed by atoms with Crippen LogP contribution >= 0.6 is 24.8 Å². The van der Waals surface area contributed by atoms with Crippen LogP contribution in [0.5, 0.6) is 0 Å². The zero-order valence-electron chi connectivity index (χ0n) is 18.6. The van der Waals surface area contributed by atoms with E-state index in [-0.39, 0.29) is 35.9 Å². The van der Waals surface area contributed by atoms with Crippen molar-refractivity contribution in [3.05, 3.63) is 55.4 Å². The summed E-state index contributed by atoms with van der Waals surface area (Å²) >= 11 is 0. The van der Waals surface area contributed by atoms with Crippen molar-refractivity contribution >= 4 is 30.8 Å². The van der Waals surface area contributed by atoms with Crippen LogP contribution < -0.4 is 21.3 Å². The molecule has 10 heteroatoms. The maximum Gasteiger partial charge on any atom is 0.255 e. The van der Waals surface area contributed by atoms with Crippen molar-refractivity contribution in [1.29, 1.82) is 0 Å². The van der Waals surface area contributed by atoms with E-state index in [1.165, 1.54) is 12.1 Å². The molecule has 2 N–H and O–H groups in total. The summed E-state index contributed by atoms with van der Waals surface area (Å²) in [6, 6.07) is 4.18. The quantitative estimate of drug-likeness (QED) is 0.682. The second-order valence-electron chi connectivity index (χ2n) is 9.14. The molecule has 0 saturated carbocycles. The highest BCUT2D eigenvalue weighted by molar-refractivity contribution is 5.85. The van der Waals surface area contributed by atoms with Crippen LogP contribution in [0.15, 0.2) is 21.7 Å². The van der Waals surface area contributed by atoms with Gasteiger partial charge in [0, 0.05) is 76.0 Å². The Kier molecular flexibility index (Phi) is 7.70. The molecule has 5 rings (SSSR count). The summed E-state index contributed by atoms with van der Waals surface area (Å²) < 4.78 is 2.03. The van der Waals surface area contributed by atoms with Gasteiger partial charge in [0.15, 0.2) is 0 Å². The summed E-state index contributed by atoms with van der Waals surface area (Å²) in [5.41, 5.74) is 3.82. The van der Waals surface area contributed by atoms with Gasteiger partial charge in [-0.05, 0) is 31.4 Å². The monoisotopic (exact) mass is 482 g/mol. The highest BCUT2D eigenvalue weighted by atomic mass is 35.5. The first kappa shape index (κ1) is 24.8. The lowest BCUT2D eigenvalue weighted by Gasteiger charge is -2.37. The summed E-state index contributed by atoms with van der Waals surface area (Å²) in [4.78, 5) is 37.4. The highest BCUT2D eigenvalue weighted by Crippen LogP contribution is 2.31. The lowest BCUT2D eigenvalue weighted by molar-refractivity contribution is 0.251. The van der Waals surface area contributed by atoms with Gasteiger partial charge in [-0.15, -0.1) is 24.8 Å². The topological polar surface area (TPSA) is 86.3 Å². The maximum atomic E-state index is 13.2. The fourth-order valence-corrected chi connectivity index (χ4v) is 5.21. The molecular weight excluding hydrogens is 451 g/mol. The van der Waals surface area contributed by atoms with Gasteiger partial charge in [0.05, 0.1) is 5.69 Å². The molecule has 0 amide bonds. The second kappa shape index (κ2) is 9.95. The number of aromatic nitrogens is 3. The number of halogens is 2. The third-order valence-corrected chi connectivity index (χ3v) is 6.84. The molecule has 2 aromatic rings. The fraction of sp³-hybridized carbons (Fsp3) is 0.591. The molecule has 8 nitrogen and oxygen atoms in total. The molecule has 1 saturated heterocycles. The summed E-state index contributed by atoms with van der Waals surface area (Å²) in [5.74, 6) is 1.61. The molecule has 2 bridgehead atoms. The van der Waals surface area contributed by atoms with Gasteiger partial charge >= 0.3 is 0 Å². The first-order valence-electron chi connectivity index (χ1n) is 10.9. The van der Waals surface area contributed by atoms with E-state index >= 15 is 0 Å². The molecule has 1 fully saturated rings. The Labute approximate surface area is 200 Å². The number of rotatable bonds is 3. The number of nitrogens with one attached hydrogen (secondary N) is 2. The summed E-state index contributed by atoms with van der Waals surface area (Å²) in [5, 5.41) is 3.50. The molecular formula is C22H32Cl2N6O2. The average Bonchev–Trinajstić information content (AvgIpc) is 2.93. The van der Waals surface area contributed by atoms with E-state index in [1.807, 2.05) is 29.6 Å². The van der Waals surface area contributed by atoms with Crippen molar-refractivity contribution in [2.75, 3.05) is 45.2 Å². The van der Waals surface area contributed by atoms with Crippen LogP contribution in [-0.4, -0.2) is 59.7 Å². The van der Waals surface area contributed by atoms with Gasteiger partial charge in [-0.25, -0.2) is 4.98 Å². The second-order valence-corrected chi connectivity index (χ2v) is 9.14. The van der Waals surface area contributed by atoms with Crippen LogP contribution in [0.2, 0.25) is 0 Å². The Morgan fingerprint density at radius 1 is 1.12 bits per heavy atom. The SMILES string of the molecule is CN(C)c1nc2c(c(=O)[nH]1)CCN(Cc1ccc3n(c1=O)C[C@@H]1CNC[C@H]3C1)CC2.Cl.Cl. The van der Waals surface area contributed by atoms with Gasteiger partial charge in [0.25, 0.3) is 11.1 Å². The third-order valence-electron chi connectivity index (χ3n) is 6.84. The standard InChI is InChI=1S/C22H30N6O2.2ClH/c1-26(2)22-24-18-6-8-27(7-5-17(18)20(29)25-22)13-15-3-4-19-16-9-14(10-23-11-16)12-28(19)21(15)30;;/h3-4,14,16,23H,5-13H2,1-2H3,(H,24,25,29);2*1H/t14-,16+;;/m0../s1. The molecule has 3 aliphatic heterocycles. The largest absolute Gasteiger partial charge is 0.348 e. The minimum Gasteiger partial charge on any atom is -0.348 e. The number of pyridine rings is 1. The van der Waals surface area contributed by atoms with Gasteiger partial charge in [-0.2, -0.15) is 0 Å². The molecule has 0 unspecified atom stereocenters. The number of aromatic amines is 1. The Balaban J connectivity index is 0.00000144. The van der Waals surface area contributed by atoms with E-state index in [4.69, 9.17) is 0 Å². The number of fused-ring (bicyclic) bond motifs is 5. The maximum absolute atomic E-state index is 13.2. The summed E-state index contributed by atoms with van der Waals surface area (Å²) in [6.45, 7) is 4.98. The molecule has 0 spiro atoms. The van der Waals surface area contributed by atoms with E-state index in [0.29, 0.717) is 30.7 Å². The van der Waals surface area contributed by atoms with E-state index < -0.39 is 0 Å². The van der Waals surface area contributed by atoms with E-state index in [2.05, 4.69) is 26.3 Å². The van der Waals surface area contributed by atoms with Gasteiger partial charge < -0.3 is 14.8 Å². The molecule has 0 aromatic carbocycles. The van der Waals surface area contributed by atoms with Crippen LogP contribution in [0.4, 0.5) is 5.95 Å². The van der Waals surface area contributed by atoms with Gasteiger partial charge in [0.2, 0.25) is 5.95 Å². The van der Waals surface area contributed by atoms with E-state index in [0.717, 1.165) is 56.0 Å². The molecule has 5 heterocycles. The molecule has 2 atom stereocenters. The molecule has 3 aliphatic rings. The number of anilines is 1. The molecule has 0 aliphatic carbocycles. The minimum absolute atomic E-state index is 0. The van der Waals surface area contributed by atoms with Crippen LogP contribution in [0.1, 0.15) is 34.9 Å². The van der Waals surface area contributed by atoms with Crippen molar-refractivity contribution in [3.8, 4) is 0 Å². The Hall–Kier alpha value is -1.87. The van der Waals surface area contributed by atoms with Crippen LogP contribution in [0.25, 0.3) is 0 Å². The third kappa shape index (κ3) is 4.59. The van der Waals surface area contributed by atoms with Crippen molar-refractivity contribution in [1.82, 2.24) is 24.8 Å². The predicted octanol–water partition coefficient (Wildman–Crippen LogP) is 1.15. The van der Waals surface area contributed by atoms with Gasteiger partial charge in [-0.1, -0.05) is 6.07 Å². The normalized spacial score (nSPS) is 21.9. The number of H-pyrrole nitrogens is 1. The number of piperidine rings is 1. The molecule has 32 heavy (non-hydrogen) atoms. The summed E-state index contributed by atoms with van der Waals surface area (Å²) in [7, 11) is 3.75. The van der Waals surface area contributed by atoms with Gasteiger partial charge in [0.1, 0.15) is 0 Å². The Morgan fingerprint density at radius 3 is 2.69 bits per heavy atom. The Bertz CT molecular complexity index is 1080. The first-order valence-corrected chi connectivity index (χ1v) is 10.9. The van der Waals surface area contributed by atoms with Crippen molar-refractivity contribution < 1.29 is 0 Å². The molecule has 176 valence electrons. The lowest BCUT2D eigenvalue weighted by Crippen LogP contribution is -2.45. The smallest absolute Gasteiger partial charge is 0.255 e. The number of nitrogens with zero attached hydrogens (tertiary/aromatic N) is 4. The average molecular weight is 483 g/mol. The van der Waals surface area contributed by atoms with Crippen LogP contribution in [0.3, 0.4) is 0 Å².